The van der Waals surface area contributed by atoms with Gasteiger partial charge in [-0.05, 0) is 35.9 Å². The lowest BCUT2D eigenvalue weighted by Gasteiger charge is -2.09. The van der Waals surface area contributed by atoms with Gasteiger partial charge in [0.25, 0.3) is 0 Å². The number of phenols is 1. The van der Waals surface area contributed by atoms with Gasteiger partial charge in [0.2, 0.25) is 0 Å². The smallest absolute Gasteiger partial charge is 0.508 e. The van der Waals surface area contributed by atoms with Crippen LogP contribution in [-0.2, 0) is 5.75 Å². The summed E-state index contributed by atoms with van der Waals surface area (Å²) in [5, 5.41) is 9.32. The van der Waals surface area contributed by atoms with Crippen molar-refractivity contribution in [2.45, 2.75) is 17.0 Å². The van der Waals surface area contributed by atoms with E-state index in [4.69, 9.17) is 0 Å². The van der Waals surface area contributed by atoms with E-state index in [0.29, 0.717) is 5.75 Å². The molecule has 2 nitrogen and oxygen atoms in total. The summed E-state index contributed by atoms with van der Waals surface area (Å²) in [4.78, 5) is 0.889. The molecule has 0 radical (unpaired) electrons. The van der Waals surface area contributed by atoms with Crippen LogP contribution < -0.4 is 4.74 Å². The minimum absolute atomic E-state index is 0.184. The van der Waals surface area contributed by atoms with Crippen molar-refractivity contribution in [2.75, 3.05) is 0 Å². The largest absolute Gasteiger partial charge is 0.573 e. The number of benzene rings is 2. The predicted molar refractivity (Wildman–Crippen MR) is 70.8 cm³/mol. The Morgan fingerprint density at radius 2 is 1.75 bits per heavy atom. The molecule has 0 aromatic heterocycles. The summed E-state index contributed by atoms with van der Waals surface area (Å²) in [6, 6.07) is 12.5. The van der Waals surface area contributed by atoms with Gasteiger partial charge in [0.15, 0.2) is 0 Å². The van der Waals surface area contributed by atoms with Gasteiger partial charge in [0, 0.05) is 10.6 Å². The Hall–Kier alpha value is -1.82. The van der Waals surface area contributed by atoms with E-state index in [9.17, 15) is 18.3 Å². The Morgan fingerprint density at radius 1 is 1.05 bits per heavy atom. The second kappa shape index (κ2) is 6.09. The van der Waals surface area contributed by atoms with Crippen molar-refractivity contribution in [1.82, 2.24) is 0 Å². The van der Waals surface area contributed by atoms with Crippen molar-refractivity contribution in [3.8, 4) is 11.5 Å². The Morgan fingerprint density at radius 3 is 2.35 bits per heavy atom. The summed E-state index contributed by atoms with van der Waals surface area (Å²) in [6.07, 6.45) is -4.67. The molecule has 0 aliphatic carbocycles. The molecule has 0 aliphatic heterocycles. The van der Waals surface area contributed by atoms with Gasteiger partial charge in [-0.3, -0.25) is 0 Å². The van der Waals surface area contributed by atoms with Gasteiger partial charge in [-0.25, -0.2) is 0 Å². The SMILES string of the molecule is Oc1cccc(SCc2ccc(OC(F)(F)F)cc2)c1. The highest BCUT2D eigenvalue weighted by atomic mass is 32.2. The molecule has 2 aromatic rings. The lowest BCUT2D eigenvalue weighted by molar-refractivity contribution is -0.274. The molecule has 0 saturated carbocycles. The van der Waals surface area contributed by atoms with Gasteiger partial charge in [-0.1, -0.05) is 18.2 Å². The number of ether oxygens (including phenoxy) is 1. The van der Waals surface area contributed by atoms with Crippen molar-refractivity contribution in [3.05, 3.63) is 54.1 Å². The number of halogens is 3. The molecule has 106 valence electrons. The summed E-state index contributed by atoms with van der Waals surface area (Å²) in [6.45, 7) is 0. The Balaban J connectivity index is 1.94. The monoisotopic (exact) mass is 300 g/mol. The van der Waals surface area contributed by atoms with Crippen molar-refractivity contribution in [3.63, 3.8) is 0 Å². The molecule has 2 aromatic carbocycles. The zero-order valence-electron chi connectivity index (χ0n) is 10.2. The summed E-state index contributed by atoms with van der Waals surface area (Å²) in [5.74, 6) is 0.544. The molecule has 0 aliphatic rings. The third kappa shape index (κ3) is 4.70. The lowest BCUT2D eigenvalue weighted by atomic mass is 10.2. The number of hydrogen-bond acceptors (Lipinski definition) is 3. The van der Waals surface area contributed by atoms with Crippen molar-refractivity contribution < 1.29 is 23.0 Å². The molecule has 1 N–H and O–H groups in total. The van der Waals surface area contributed by atoms with Crippen LogP contribution in [0.5, 0.6) is 11.5 Å². The van der Waals surface area contributed by atoms with Crippen LogP contribution in [0.1, 0.15) is 5.56 Å². The first-order valence-electron chi connectivity index (χ1n) is 5.69. The molecular weight excluding hydrogens is 289 g/mol. The molecule has 0 spiro atoms. The maximum Gasteiger partial charge on any atom is 0.573 e. The zero-order chi connectivity index (χ0) is 14.6. The van der Waals surface area contributed by atoms with Gasteiger partial charge in [-0.2, -0.15) is 0 Å². The summed E-state index contributed by atoms with van der Waals surface area (Å²) < 4.78 is 39.8. The highest BCUT2D eigenvalue weighted by Gasteiger charge is 2.30. The van der Waals surface area contributed by atoms with E-state index in [0.717, 1.165) is 10.5 Å². The minimum atomic E-state index is -4.67. The maximum absolute atomic E-state index is 12.0. The Kier molecular flexibility index (Phi) is 4.44. The molecule has 6 heteroatoms. The van der Waals surface area contributed by atoms with E-state index < -0.39 is 6.36 Å². The topological polar surface area (TPSA) is 29.5 Å². The Labute approximate surface area is 118 Å². The summed E-state index contributed by atoms with van der Waals surface area (Å²) in [5.41, 5.74) is 0.868. The van der Waals surface area contributed by atoms with Gasteiger partial charge < -0.3 is 9.84 Å². The van der Waals surface area contributed by atoms with E-state index in [1.165, 1.54) is 23.9 Å². The fraction of sp³-hybridized carbons (Fsp3) is 0.143. The molecule has 0 atom stereocenters. The van der Waals surface area contributed by atoms with Gasteiger partial charge in [0.05, 0.1) is 0 Å². The van der Waals surface area contributed by atoms with Crippen molar-refractivity contribution >= 4 is 11.8 Å². The van der Waals surface area contributed by atoms with Crippen molar-refractivity contribution in [1.29, 1.82) is 0 Å². The maximum atomic E-state index is 12.0. The highest BCUT2D eigenvalue weighted by molar-refractivity contribution is 7.98. The zero-order valence-corrected chi connectivity index (χ0v) is 11.0. The Bertz CT molecular complexity index is 567. The third-order valence-electron chi connectivity index (χ3n) is 2.38. The first-order chi connectivity index (χ1) is 9.42. The normalized spacial score (nSPS) is 11.3. The second-order valence-corrected chi connectivity index (χ2v) is 5.03. The molecule has 0 saturated heterocycles. The van der Waals surface area contributed by atoms with Crippen LogP contribution in [0.25, 0.3) is 0 Å². The second-order valence-electron chi connectivity index (χ2n) is 3.98. The van der Waals surface area contributed by atoms with E-state index in [1.54, 1.807) is 30.3 Å². The van der Waals surface area contributed by atoms with E-state index in [1.807, 2.05) is 6.07 Å². The van der Waals surface area contributed by atoms with Crippen LogP contribution in [0.3, 0.4) is 0 Å². The van der Waals surface area contributed by atoms with Crippen LogP contribution in [0.4, 0.5) is 13.2 Å². The van der Waals surface area contributed by atoms with Crippen LogP contribution in [0.15, 0.2) is 53.4 Å². The third-order valence-corrected chi connectivity index (χ3v) is 3.44. The number of alkyl halides is 3. The quantitative estimate of drug-likeness (QED) is 0.838. The average molecular weight is 300 g/mol. The lowest BCUT2D eigenvalue weighted by Crippen LogP contribution is -2.16. The fourth-order valence-corrected chi connectivity index (χ4v) is 2.43. The predicted octanol–water partition coefficient (Wildman–Crippen LogP) is 4.58. The molecule has 0 bridgehead atoms. The fourth-order valence-electron chi connectivity index (χ4n) is 1.53. The summed E-state index contributed by atoms with van der Waals surface area (Å²) >= 11 is 1.48. The molecule has 20 heavy (non-hydrogen) atoms. The van der Waals surface area contributed by atoms with Crippen LogP contribution in [-0.4, -0.2) is 11.5 Å². The van der Waals surface area contributed by atoms with Gasteiger partial charge in [-0.15, -0.1) is 24.9 Å². The van der Waals surface area contributed by atoms with E-state index in [2.05, 4.69) is 4.74 Å². The van der Waals surface area contributed by atoms with Crippen molar-refractivity contribution in [2.24, 2.45) is 0 Å². The minimum Gasteiger partial charge on any atom is -0.508 e. The van der Waals surface area contributed by atoms with Crippen LogP contribution in [0, 0.1) is 0 Å². The molecule has 0 fully saturated rings. The molecule has 0 heterocycles. The number of thioether (sulfide) groups is 1. The standard InChI is InChI=1S/C14H11F3O2S/c15-14(16,17)19-12-6-4-10(5-7-12)9-20-13-3-1-2-11(18)8-13/h1-8,18H,9H2. The van der Waals surface area contributed by atoms with E-state index in [-0.39, 0.29) is 11.5 Å². The number of phenolic OH excluding ortho intramolecular Hbond substituents is 1. The summed E-state index contributed by atoms with van der Waals surface area (Å²) in [7, 11) is 0. The molecule has 2 rings (SSSR count). The van der Waals surface area contributed by atoms with E-state index >= 15 is 0 Å². The first kappa shape index (κ1) is 14.6. The molecule has 0 amide bonds. The average Bonchev–Trinajstić information content (AvgIpc) is 2.36. The number of aromatic hydroxyl groups is 1. The van der Waals surface area contributed by atoms with Crippen LogP contribution in [0.2, 0.25) is 0 Å². The number of rotatable bonds is 4. The highest BCUT2D eigenvalue weighted by Crippen LogP contribution is 2.27. The van der Waals surface area contributed by atoms with Gasteiger partial charge in [0.1, 0.15) is 11.5 Å². The molecular formula is C14H11F3O2S. The van der Waals surface area contributed by atoms with Crippen LogP contribution >= 0.6 is 11.8 Å². The van der Waals surface area contributed by atoms with Gasteiger partial charge >= 0.3 is 6.36 Å². The molecule has 0 unspecified atom stereocenters. The number of hydrogen-bond donors (Lipinski definition) is 1. The first-order valence-corrected chi connectivity index (χ1v) is 6.67.